The van der Waals surface area contributed by atoms with Gasteiger partial charge in [-0.05, 0) is 55.2 Å². The molecule has 1 aliphatic rings. The summed E-state index contributed by atoms with van der Waals surface area (Å²) in [7, 11) is 0. The molecule has 4 aromatic rings. The van der Waals surface area contributed by atoms with Crippen LogP contribution in [0.2, 0.25) is 0 Å². The van der Waals surface area contributed by atoms with Gasteiger partial charge in [-0.2, -0.15) is 5.26 Å². The molecular formula is C24H23N5S. The molecule has 0 spiro atoms. The van der Waals surface area contributed by atoms with Crippen molar-refractivity contribution in [1.29, 1.82) is 5.26 Å². The van der Waals surface area contributed by atoms with E-state index in [-0.39, 0.29) is 0 Å². The van der Waals surface area contributed by atoms with Gasteiger partial charge in [-0.15, -0.1) is 11.3 Å². The third-order valence-electron chi connectivity index (χ3n) is 5.62. The fourth-order valence-corrected chi connectivity index (χ4v) is 4.76. The number of nitrogens with one attached hydrogen (secondary N) is 1. The number of hydrogen-bond donors (Lipinski definition) is 1. The number of nitriles is 1. The van der Waals surface area contributed by atoms with Crippen LogP contribution in [0.3, 0.4) is 0 Å². The van der Waals surface area contributed by atoms with Gasteiger partial charge in [-0.3, -0.25) is 4.90 Å². The van der Waals surface area contributed by atoms with E-state index in [9.17, 15) is 0 Å². The third-order valence-corrected chi connectivity index (χ3v) is 6.54. The number of aromatic nitrogens is 2. The van der Waals surface area contributed by atoms with E-state index in [0.29, 0.717) is 5.56 Å². The van der Waals surface area contributed by atoms with E-state index in [0.717, 1.165) is 56.0 Å². The number of hydrogen-bond acceptors (Lipinski definition) is 5. The predicted molar refractivity (Wildman–Crippen MR) is 121 cm³/mol. The van der Waals surface area contributed by atoms with Crippen molar-refractivity contribution in [3.63, 3.8) is 0 Å². The minimum Gasteiger partial charge on any atom is -0.315 e. The highest BCUT2D eigenvalue weighted by atomic mass is 32.1. The quantitative estimate of drug-likeness (QED) is 0.539. The lowest BCUT2D eigenvalue weighted by molar-refractivity contribution is 0.281. The fraction of sp³-hybridized carbons (Fsp3) is 0.250. The second-order valence-electron chi connectivity index (χ2n) is 7.60. The van der Waals surface area contributed by atoms with Crippen LogP contribution in [0.4, 0.5) is 0 Å². The van der Waals surface area contributed by atoms with E-state index in [1.807, 2.05) is 24.3 Å². The second-order valence-corrected chi connectivity index (χ2v) is 8.55. The summed E-state index contributed by atoms with van der Waals surface area (Å²) in [5, 5.41) is 14.7. The van der Waals surface area contributed by atoms with E-state index in [4.69, 9.17) is 10.2 Å². The summed E-state index contributed by atoms with van der Waals surface area (Å²) in [5.74, 6) is 0. The molecule has 1 aromatic carbocycles. The van der Waals surface area contributed by atoms with Crippen LogP contribution in [-0.4, -0.2) is 40.5 Å². The Bertz CT molecular complexity index is 1180. The first-order valence-corrected chi connectivity index (χ1v) is 11.2. The van der Waals surface area contributed by atoms with Gasteiger partial charge in [-0.1, -0.05) is 18.2 Å². The summed E-state index contributed by atoms with van der Waals surface area (Å²) < 4.78 is 2.25. The molecule has 0 bridgehead atoms. The Morgan fingerprint density at radius 3 is 2.70 bits per heavy atom. The average Bonchev–Trinajstić information content (AvgIpc) is 3.36. The van der Waals surface area contributed by atoms with Crippen LogP contribution >= 0.6 is 11.3 Å². The number of imidazole rings is 1. The molecule has 6 heteroatoms. The molecule has 1 aliphatic heterocycles. The minimum atomic E-state index is 0.669. The number of rotatable bonds is 4. The van der Waals surface area contributed by atoms with Gasteiger partial charge in [0.1, 0.15) is 5.65 Å². The van der Waals surface area contributed by atoms with Gasteiger partial charge in [0.2, 0.25) is 0 Å². The average molecular weight is 414 g/mol. The number of pyridine rings is 1. The maximum Gasteiger partial charge on any atom is 0.137 e. The van der Waals surface area contributed by atoms with Crippen LogP contribution in [0.15, 0.2) is 60.1 Å². The Morgan fingerprint density at radius 2 is 1.90 bits per heavy atom. The Labute approximate surface area is 180 Å². The molecule has 1 saturated heterocycles. The zero-order chi connectivity index (χ0) is 20.3. The summed E-state index contributed by atoms with van der Waals surface area (Å²) >= 11 is 1.75. The molecule has 3 aromatic heterocycles. The topological polar surface area (TPSA) is 56.4 Å². The van der Waals surface area contributed by atoms with E-state index >= 15 is 0 Å². The monoisotopic (exact) mass is 413 g/mol. The van der Waals surface area contributed by atoms with Crippen molar-refractivity contribution in [2.75, 3.05) is 26.2 Å². The molecule has 0 amide bonds. The lowest BCUT2D eigenvalue weighted by atomic mass is 10.1. The smallest absolute Gasteiger partial charge is 0.137 e. The molecule has 1 N–H and O–H groups in total. The van der Waals surface area contributed by atoms with Crippen LogP contribution in [0.5, 0.6) is 0 Å². The highest BCUT2D eigenvalue weighted by Crippen LogP contribution is 2.30. The van der Waals surface area contributed by atoms with Crippen LogP contribution in [0.25, 0.3) is 27.3 Å². The maximum absolute atomic E-state index is 9.15. The normalized spacial score (nSPS) is 15.2. The first-order chi connectivity index (χ1) is 14.8. The molecule has 30 heavy (non-hydrogen) atoms. The Kier molecular flexibility index (Phi) is 5.33. The number of benzene rings is 1. The second kappa shape index (κ2) is 8.41. The maximum atomic E-state index is 9.15. The standard InChI is InChI=1S/C24H23N5S/c25-15-18-4-6-19(7-5-18)24-21(17-28-12-2-10-26-11-13-28)29-16-20(8-9-23(29)27-24)22-3-1-14-30-22/h1,3-9,14,16,26H,2,10-13,17H2. The van der Waals surface area contributed by atoms with Crippen molar-refractivity contribution in [2.24, 2.45) is 0 Å². The molecule has 0 atom stereocenters. The molecule has 0 unspecified atom stereocenters. The zero-order valence-electron chi connectivity index (χ0n) is 16.7. The van der Waals surface area contributed by atoms with Crippen molar-refractivity contribution in [3.8, 4) is 27.8 Å². The summed E-state index contributed by atoms with van der Waals surface area (Å²) in [6, 6.07) is 18.5. The molecule has 0 saturated carbocycles. The fourth-order valence-electron chi connectivity index (χ4n) is 4.04. The van der Waals surface area contributed by atoms with Crippen LogP contribution in [0.1, 0.15) is 17.7 Å². The Balaban J connectivity index is 1.62. The van der Waals surface area contributed by atoms with E-state index < -0.39 is 0 Å². The van der Waals surface area contributed by atoms with Crippen molar-refractivity contribution >= 4 is 17.0 Å². The number of thiophene rings is 1. The van der Waals surface area contributed by atoms with Crippen molar-refractivity contribution in [2.45, 2.75) is 13.0 Å². The predicted octanol–water partition coefficient (Wildman–Crippen LogP) is 4.40. The molecule has 0 radical (unpaired) electrons. The number of fused-ring (bicyclic) bond motifs is 1. The van der Waals surface area contributed by atoms with Gasteiger partial charge in [-0.25, -0.2) is 4.98 Å². The summed E-state index contributed by atoms with van der Waals surface area (Å²) in [5.41, 5.74) is 6.09. The lowest BCUT2D eigenvalue weighted by Gasteiger charge is -2.20. The summed E-state index contributed by atoms with van der Waals surface area (Å²) in [6.07, 6.45) is 3.37. The molecule has 1 fully saturated rings. The van der Waals surface area contributed by atoms with Crippen LogP contribution < -0.4 is 5.32 Å². The van der Waals surface area contributed by atoms with Gasteiger partial charge in [0.05, 0.1) is 23.0 Å². The highest BCUT2D eigenvalue weighted by molar-refractivity contribution is 7.13. The molecule has 5 rings (SSSR count). The van der Waals surface area contributed by atoms with Crippen molar-refractivity contribution < 1.29 is 0 Å². The lowest BCUT2D eigenvalue weighted by Crippen LogP contribution is -2.28. The Hall–Kier alpha value is -2.98. The summed E-state index contributed by atoms with van der Waals surface area (Å²) in [4.78, 5) is 8.76. The van der Waals surface area contributed by atoms with Gasteiger partial charge in [0.15, 0.2) is 0 Å². The van der Waals surface area contributed by atoms with Gasteiger partial charge in [0.25, 0.3) is 0 Å². The van der Waals surface area contributed by atoms with Gasteiger partial charge < -0.3 is 9.72 Å². The zero-order valence-corrected chi connectivity index (χ0v) is 17.5. The van der Waals surface area contributed by atoms with Gasteiger partial charge in [0, 0.05) is 41.8 Å². The molecule has 4 heterocycles. The minimum absolute atomic E-state index is 0.669. The SMILES string of the molecule is N#Cc1ccc(-c2nc3ccc(-c4cccs4)cn3c2CN2CCCNCC2)cc1. The first kappa shape index (κ1) is 19.0. The van der Waals surface area contributed by atoms with Crippen LogP contribution in [0, 0.1) is 11.3 Å². The molecule has 0 aliphatic carbocycles. The highest BCUT2D eigenvalue weighted by Gasteiger charge is 2.19. The number of nitrogens with zero attached hydrogens (tertiary/aromatic N) is 4. The van der Waals surface area contributed by atoms with Crippen molar-refractivity contribution in [3.05, 3.63) is 71.4 Å². The third kappa shape index (κ3) is 3.75. The molecular weight excluding hydrogens is 390 g/mol. The molecule has 150 valence electrons. The largest absolute Gasteiger partial charge is 0.315 e. The van der Waals surface area contributed by atoms with Crippen molar-refractivity contribution in [1.82, 2.24) is 19.6 Å². The van der Waals surface area contributed by atoms with E-state index in [1.54, 1.807) is 11.3 Å². The van der Waals surface area contributed by atoms with Gasteiger partial charge >= 0.3 is 0 Å². The van der Waals surface area contributed by atoms with E-state index in [2.05, 4.69) is 56.5 Å². The van der Waals surface area contributed by atoms with E-state index in [1.165, 1.54) is 16.1 Å². The summed E-state index contributed by atoms with van der Waals surface area (Å²) in [6.45, 7) is 5.06. The Morgan fingerprint density at radius 1 is 1.03 bits per heavy atom. The first-order valence-electron chi connectivity index (χ1n) is 10.3. The van der Waals surface area contributed by atoms with Crippen LogP contribution in [-0.2, 0) is 6.54 Å². The molecule has 5 nitrogen and oxygen atoms in total.